The van der Waals surface area contributed by atoms with Crippen molar-refractivity contribution in [1.82, 2.24) is 0 Å². The number of hydrogen-bond donors (Lipinski definition) is 0. The number of rotatable bonds is 9. The van der Waals surface area contributed by atoms with Gasteiger partial charge in [-0.15, -0.1) is 0 Å². The van der Waals surface area contributed by atoms with E-state index in [2.05, 4.69) is 5.16 Å². The number of ether oxygens (including phenoxy) is 2. The van der Waals surface area contributed by atoms with Crippen LogP contribution in [0.15, 0.2) is 27.9 Å². The van der Waals surface area contributed by atoms with Crippen LogP contribution in [-0.2, 0) is 4.84 Å². The van der Waals surface area contributed by atoms with Gasteiger partial charge < -0.3 is 14.3 Å². The summed E-state index contributed by atoms with van der Waals surface area (Å²) in [6.45, 7) is 7.96. The van der Waals surface area contributed by atoms with Gasteiger partial charge in [0.2, 0.25) is 0 Å². The van der Waals surface area contributed by atoms with Crippen LogP contribution in [0.3, 0.4) is 0 Å². The number of nitrogens with zero attached hydrogens (tertiary/aromatic N) is 1. The molecule has 4 nitrogen and oxygen atoms in total. The average Bonchev–Trinajstić information content (AvgIpc) is 2.49. The van der Waals surface area contributed by atoms with E-state index in [4.69, 9.17) is 60.7 Å². The highest BCUT2D eigenvalue weighted by Crippen LogP contribution is 2.37. The zero-order valence-corrected chi connectivity index (χ0v) is 18.2. The molecule has 1 aromatic rings. The average molecular weight is 443 g/mol. The Morgan fingerprint density at radius 2 is 1.81 bits per heavy atom. The lowest BCUT2D eigenvalue weighted by molar-refractivity contribution is 0.00151. The van der Waals surface area contributed by atoms with Gasteiger partial charge in [0.25, 0.3) is 0 Å². The Balaban J connectivity index is 2.56. The van der Waals surface area contributed by atoms with Crippen LogP contribution < -0.4 is 9.47 Å². The summed E-state index contributed by atoms with van der Waals surface area (Å²) in [6.07, 6.45) is 4.58. The maximum absolute atomic E-state index is 6.25. The SMILES string of the molecule is CC(CCC=NOC(C)(C)C)Oc1c(Cl)cc(OCC=C(Cl)Cl)cc1Cl. The van der Waals surface area contributed by atoms with E-state index in [9.17, 15) is 0 Å². The molecule has 0 spiro atoms. The largest absolute Gasteiger partial charge is 0.489 e. The van der Waals surface area contributed by atoms with Crippen LogP contribution in [0.5, 0.6) is 11.5 Å². The highest BCUT2D eigenvalue weighted by atomic mass is 35.5. The zero-order valence-electron chi connectivity index (χ0n) is 15.2. The number of hydrogen-bond acceptors (Lipinski definition) is 4. The van der Waals surface area contributed by atoms with Crippen molar-refractivity contribution >= 4 is 52.6 Å². The van der Waals surface area contributed by atoms with Crippen molar-refractivity contribution in [1.29, 1.82) is 0 Å². The van der Waals surface area contributed by atoms with Crippen molar-refractivity contribution in [2.45, 2.75) is 52.2 Å². The molecule has 26 heavy (non-hydrogen) atoms. The molecule has 0 fully saturated rings. The summed E-state index contributed by atoms with van der Waals surface area (Å²) in [5.41, 5.74) is -0.297. The minimum atomic E-state index is -0.297. The summed E-state index contributed by atoms with van der Waals surface area (Å²) in [5.74, 6) is 0.916. The smallest absolute Gasteiger partial charge is 0.157 e. The summed E-state index contributed by atoms with van der Waals surface area (Å²) >= 11 is 23.6. The van der Waals surface area contributed by atoms with E-state index in [1.807, 2.05) is 27.7 Å². The molecule has 1 unspecified atom stereocenters. The second-order valence-electron chi connectivity index (χ2n) is 6.52. The van der Waals surface area contributed by atoms with Crippen LogP contribution >= 0.6 is 46.4 Å². The van der Waals surface area contributed by atoms with E-state index < -0.39 is 0 Å². The molecule has 0 aliphatic carbocycles. The molecule has 0 saturated carbocycles. The number of halogens is 4. The predicted octanol–water partition coefficient (Wildman–Crippen LogP) is 7.04. The summed E-state index contributed by atoms with van der Waals surface area (Å²) < 4.78 is 11.4. The molecule has 0 radical (unpaired) electrons. The number of benzene rings is 1. The lowest BCUT2D eigenvalue weighted by atomic mass is 10.2. The molecule has 1 rings (SSSR count). The van der Waals surface area contributed by atoms with E-state index in [0.717, 1.165) is 6.42 Å². The molecule has 1 atom stereocenters. The molecule has 0 aliphatic heterocycles. The summed E-state index contributed by atoms with van der Waals surface area (Å²) in [5, 5.41) is 4.67. The maximum atomic E-state index is 6.25. The van der Waals surface area contributed by atoms with Crippen molar-refractivity contribution < 1.29 is 14.3 Å². The fourth-order valence-electron chi connectivity index (χ4n) is 1.75. The van der Waals surface area contributed by atoms with E-state index in [1.165, 1.54) is 6.08 Å². The van der Waals surface area contributed by atoms with Crippen LogP contribution in [0.25, 0.3) is 0 Å². The number of oxime groups is 1. The van der Waals surface area contributed by atoms with Gasteiger partial charge in [0.15, 0.2) is 5.75 Å². The second-order valence-corrected chi connectivity index (χ2v) is 8.34. The van der Waals surface area contributed by atoms with E-state index in [-0.39, 0.29) is 22.8 Å². The van der Waals surface area contributed by atoms with Crippen molar-refractivity contribution in [3.8, 4) is 11.5 Å². The topological polar surface area (TPSA) is 40.0 Å². The fourth-order valence-corrected chi connectivity index (χ4v) is 2.43. The monoisotopic (exact) mass is 441 g/mol. The van der Waals surface area contributed by atoms with Crippen molar-refractivity contribution in [3.05, 3.63) is 32.7 Å². The van der Waals surface area contributed by atoms with E-state index >= 15 is 0 Å². The van der Waals surface area contributed by atoms with Crippen molar-refractivity contribution in [3.63, 3.8) is 0 Å². The summed E-state index contributed by atoms with van der Waals surface area (Å²) in [6, 6.07) is 3.26. The third-order valence-electron chi connectivity index (χ3n) is 2.88. The first kappa shape index (κ1) is 23.2. The van der Waals surface area contributed by atoms with Crippen LogP contribution in [0, 0.1) is 0 Å². The molecule has 0 aromatic heterocycles. The van der Waals surface area contributed by atoms with Crippen LogP contribution in [0.1, 0.15) is 40.5 Å². The van der Waals surface area contributed by atoms with Gasteiger partial charge >= 0.3 is 0 Å². The van der Waals surface area contributed by atoms with Gasteiger partial charge in [-0.25, -0.2) is 0 Å². The minimum absolute atomic E-state index is 0.101. The van der Waals surface area contributed by atoms with Gasteiger partial charge in [-0.05, 0) is 46.6 Å². The normalized spacial score (nSPS) is 12.8. The molecule has 8 heteroatoms. The predicted molar refractivity (Wildman–Crippen MR) is 110 cm³/mol. The zero-order chi connectivity index (χ0) is 19.7. The second kappa shape index (κ2) is 11.1. The first-order chi connectivity index (χ1) is 12.1. The van der Waals surface area contributed by atoms with Crippen molar-refractivity contribution in [2.24, 2.45) is 5.16 Å². The Morgan fingerprint density at radius 3 is 2.35 bits per heavy atom. The van der Waals surface area contributed by atoms with Gasteiger partial charge in [-0.2, -0.15) is 0 Å². The minimum Gasteiger partial charge on any atom is -0.489 e. The van der Waals surface area contributed by atoms with Crippen LogP contribution in [0.4, 0.5) is 0 Å². The van der Waals surface area contributed by atoms with Gasteiger partial charge in [0.05, 0.1) is 16.1 Å². The Bertz CT molecular complexity index is 615. The fraction of sp³-hybridized carbons (Fsp3) is 0.500. The van der Waals surface area contributed by atoms with Gasteiger partial charge in [-0.1, -0.05) is 51.6 Å². The Hall–Kier alpha value is -0.810. The van der Waals surface area contributed by atoms with Gasteiger partial charge in [0.1, 0.15) is 22.4 Å². The standard InChI is InChI=1S/C18H23Cl4NO3/c1-12(6-5-8-23-26-18(2,3)4)25-17-14(19)10-13(11-15(17)20)24-9-7-16(21)22/h7-8,10-12H,5-6,9H2,1-4H3. The molecule has 0 amide bonds. The Labute approximate surface area is 175 Å². The molecular weight excluding hydrogens is 420 g/mol. The molecule has 0 bridgehead atoms. The molecule has 1 aromatic carbocycles. The molecule has 146 valence electrons. The van der Waals surface area contributed by atoms with E-state index in [1.54, 1.807) is 18.3 Å². The Morgan fingerprint density at radius 1 is 1.19 bits per heavy atom. The highest BCUT2D eigenvalue weighted by molar-refractivity contribution is 6.55. The third kappa shape index (κ3) is 9.77. The maximum Gasteiger partial charge on any atom is 0.157 e. The van der Waals surface area contributed by atoms with Crippen LogP contribution in [-0.4, -0.2) is 24.5 Å². The molecular formula is C18H23Cl4NO3. The molecule has 0 saturated heterocycles. The third-order valence-corrected chi connectivity index (χ3v) is 3.75. The van der Waals surface area contributed by atoms with Crippen LogP contribution in [0.2, 0.25) is 10.0 Å². The lowest BCUT2D eigenvalue weighted by Crippen LogP contribution is -2.16. The first-order valence-electron chi connectivity index (χ1n) is 8.08. The summed E-state index contributed by atoms with van der Waals surface area (Å²) in [4.78, 5) is 5.28. The lowest BCUT2D eigenvalue weighted by Gasteiger charge is -2.17. The van der Waals surface area contributed by atoms with E-state index in [0.29, 0.717) is 28.0 Å². The molecule has 0 heterocycles. The highest BCUT2D eigenvalue weighted by Gasteiger charge is 2.14. The quantitative estimate of drug-likeness (QED) is 0.304. The van der Waals surface area contributed by atoms with Gasteiger partial charge in [0, 0.05) is 18.3 Å². The molecule has 0 aliphatic rings. The Kier molecular flexibility index (Phi) is 9.94. The first-order valence-corrected chi connectivity index (χ1v) is 9.59. The van der Waals surface area contributed by atoms with Gasteiger partial charge in [-0.3, -0.25) is 0 Å². The van der Waals surface area contributed by atoms with Crippen molar-refractivity contribution in [2.75, 3.05) is 6.61 Å². The summed E-state index contributed by atoms with van der Waals surface area (Å²) in [7, 11) is 0. The molecule has 0 N–H and O–H groups in total.